The van der Waals surface area contributed by atoms with E-state index in [0.717, 1.165) is 35.1 Å². The number of rotatable bonds is 4. The molecule has 0 unspecified atom stereocenters. The Labute approximate surface area is 171 Å². The fourth-order valence-corrected chi connectivity index (χ4v) is 4.84. The van der Waals surface area contributed by atoms with E-state index in [4.69, 9.17) is 9.15 Å². The Bertz CT molecular complexity index is 1200. The third kappa shape index (κ3) is 3.70. The van der Waals surface area contributed by atoms with Crippen molar-refractivity contribution in [2.45, 2.75) is 46.6 Å². The lowest BCUT2D eigenvalue weighted by molar-refractivity contribution is -0.114. The van der Waals surface area contributed by atoms with Crippen molar-refractivity contribution in [2.24, 2.45) is 0 Å². The number of anilines is 1. The van der Waals surface area contributed by atoms with Crippen molar-refractivity contribution in [3.63, 3.8) is 0 Å². The number of carbonyl (C=O) groups is 2. The number of hydrogen-bond acceptors (Lipinski definition) is 6. The Morgan fingerprint density at radius 3 is 2.62 bits per heavy atom. The number of esters is 1. The van der Waals surface area contributed by atoms with E-state index in [1.54, 1.807) is 0 Å². The molecule has 0 spiro atoms. The number of carbonyl (C=O) groups excluding carboxylic acids is 2. The van der Waals surface area contributed by atoms with Crippen LogP contribution in [0, 0.1) is 13.8 Å². The Morgan fingerprint density at radius 1 is 1.17 bits per heavy atom. The molecule has 0 bridgehead atoms. The first kappa shape index (κ1) is 19.4. The molecule has 3 aromatic rings. The molecular weight excluding hydrogens is 390 g/mol. The zero-order chi connectivity index (χ0) is 20.7. The van der Waals surface area contributed by atoms with E-state index in [1.807, 2.05) is 26.0 Å². The van der Waals surface area contributed by atoms with Crippen LogP contribution in [-0.4, -0.2) is 11.9 Å². The van der Waals surface area contributed by atoms with E-state index in [0.29, 0.717) is 21.7 Å². The molecule has 1 amide bonds. The molecule has 1 N–H and O–H groups in total. The molecule has 1 aliphatic rings. The van der Waals surface area contributed by atoms with Crippen molar-refractivity contribution in [3.05, 3.63) is 61.3 Å². The van der Waals surface area contributed by atoms with E-state index in [-0.39, 0.29) is 12.5 Å². The Balaban J connectivity index is 1.65. The number of aryl methyl sites for hydroxylation is 3. The maximum atomic E-state index is 12.8. The standard InChI is InChI=1S/C22H21NO5S/c1-11-12(2)29-21(23-13(3)24)20(11)22(26)27-10-16-9-19(25)28-18-8-15-6-4-5-14(15)7-17(16)18/h7-9H,4-6,10H2,1-3H3,(H,23,24). The number of hydrogen-bond donors (Lipinski definition) is 1. The summed E-state index contributed by atoms with van der Waals surface area (Å²) in [6.45, 7) is 5.06. The van der Waals surface area contributed by atoms with Crippen LogP contribution in [0.2, 0.25) is 0 Å². The molecule has 0 radical (unpaired) electrons. The summed E-state index contributed by atoms with van der Waals surface area (Å²) in [4.78, 5) is 37.2. The van der Waals surface area contributed by atoms with E-state index in [2.05, 4.69) is 5.32 Å². The highest BCUT2D eigenvalue weighted by Crippen LogP contribution is 2.33. The second kappa shape index (κ2) is 7.48. The molecule has 150 valence electrons. The van der Waals surface area contributed by atoms with Crippen LogP contribution < -0.4 is 10.9 Å². The SMILES string of the molecule is CC(=O)Nc1sc(C)c(C)c1C(=O)OCc1cc(=O)oc2cc3c(cc12)CCC3. The first-order chi connectivity index (χ1) is 13.8. The Hall–Kier alpha value is -2.93. The lowest BCUT2D eigenvalue weighted by Crippen LogP contribution is -2.12. The first-order valence-corrected chi connectivity index (χ1v) is 10.3. The molecular formula is C22H21NO5S. The van der Waals surface area contributed by atoms with Gasteiger partial charge in [-0.3, -0.25) is 4.79 Å². The normalized spacial score (nSPS) is 12.8. The van der Waals surface area contributed by atoms with E-state index < -0.39 is 11.6 Å². The van der Waals surface area contributed by atoms with Gasteiger partial charge in [-0.15, -0.1) is 11.3 Å². The van der Waals surface area contributed by atoms with Crippen molar-refractivity contribution in [3.8, 4) is 0 Å². The number of benzene rings is 1. The fraction of sp³-hybridized carbons (Fsp3) is 0.318. The summed E-state index contributed by atoms with van der Waals surface area (Å²) in [5, 5.41) is 3.96. The van der Waals surface area contributed by atoms with E-state index in [9.17, 15) is 14.4 Å². The first-order valence-electron chi connectivity index (χ1n) is 9.46. The molecule has 0 fully saturated rings. The third-order valence-corrected chi connectivity index (χ3v) is 6.40. The van der Waals surface area contributed by atoms with Gasteiger partial charge in [-0.25, -0.2) is 9.59 Å². The van der Waals surface area contributed by atoms with Crippen molar-refractivity contribution < 1.29 is 18.7 Å². The highest BCUT2D eigenvalue weighted by molar-refractivity contribution is 7.16. The van der Waals surface area contributed by atoms with Gasteiger partial charge in [0.15, 0.2) is 0 Å². The maximum absolute atomic E-state index is 12.8. The van der Waals surface area contributed by atoms with Gasteiger partial charge in [0, 0.05) is 28.8 Å². The molecule has 7 heteroatoms. The van der Waals surface area contributed by atoms with Gasteiger partial charge in [0.2, 0.25) is 5.91 Å². The largest absolute Gasteiger partial charge is 0.457 e. The molecule has 0 aliphatic heterocycles. The van der Waals surface area contributed by atoms with Crippen LogP contribution in [0.25, 0.3) is 11.0 Å². The predicted octanol–water partition coefficient (Wildman–Crippen LogP) is 4.28. The molecule has 4 rings (SSSR count). The summed E-state index contributed by atoms with van der Waals surface area (Å²) < 4.78 is 10.9. The van der Waals surface area contributed by atoms with Gasteiger partial charge >= 0.3 is 11.6 Å². The van der Waals surface area contributed by atoms with Gasteiger partial charge in [0.1, 0.15) is 17.2 Å². The summed E-state index contributed by atoms with van der Waals surface area (Å²) in [6.07, 6.45) is 3.07. The molecule has 0 saturated heterocycles. The monoisotopic (exact) mass is 411 g/mol. The number of amides is 1. The van der Waals surface area contributed by atoms with Gasteiger partial charge in [-0.05, 0) is 61.9 Å². The van der Waals surface area contributed by atoms with Gasteiger partial charge in [0.05, 0.1) is 5.56 Å². The van der Waals surface area contributed by atoms with Crippen LogP contribution in [-0.2, 0) is 29.0 Å². The highest BCUT2D eigenvalue weighted by atomic mass is 32.1. The Morgan fingerprint density at radius 2 is 1.90 bits per heavy atom. The average Bonchev–Trinajstić information content (AvgIpc) is 3.21. The van der Waals surface area contributed by atoms with E-state index >= 15 is 0 Å². The fourth-order valence-electron chi connectivity index (χ4n) is 3.75. The molecule has 0 atom stereocenters. The number of ether oxygens (including phenoxy) is 1. The number of fused-ring (bicyclic) bond motifs is 2. The van der Waals surface area contributed by atoms with Crippen LogP contribution in [0.1, 0.15) is 50.8 Å². The lowest BCUT2D eigenvalue weighted by atomic mass is 10.0. The molecule has 6 nitrogen and oxygen atoms in total. The second-order valence-electron chi connectivity index (χ2n) is 7.31. The van der Waals surface area contributed by atoms with Crippen molar-refractivity contribution in [1.82, 2.24) is 0 Å². The van der Waals surface area contributed by atoms with E-state index in [1.165, 1.54) is 35.5 Å². The molecule has 0 saturated carbocycles. The molecule has 1 aliphatic carbocycles. The summed E-state index contributed by atoms with van der Waals surface area (Å²) in [6, 6.07) is 5.33. The van der Waals surface area contributed by atoms with Crippen LogP contribution in [0.5, 0.6) is 0 Å². The molecule has 2 heterocycles. The topological polar surface area (TPSA) is 85.6 Å². The lowest BCUT2D eigenvalue weighted by Gasteiger charge is -2.10. The maximum Gasteiger partial charge on any atom is 0.341 e. The van der Waals surface area contributed by atoms with Crippen molar-refractivity contribution in [1.29, 1.82) is 0 Å². The molecule has 2 aromatic heterocycles. The minimum atomic E-state index is -0.529. The summed E-state index contributed by atoms with van der Waals surface area (Å²) in [5.41, 5.74) is 4.25. The second-order valence-corrected chi connectivity index (χ2v) is 8.53. The predicted molar refractivity (Wildman–Crippen MR) is 112 cm³/mol. The summed E-state index contributed by atoms with van der Waals surface area (Å²) in [5.74, 6) is -0.779. The quantitative estimate of drug-likeness (QED) is 0.512. The van der Waals surface area contributed by atoms with Gasteiger partial charge in [-0.1, -0.05) is 0 Å². The summed E-state index contributed by atoms with van der Waals surface area (Å²) >= 11 is 1.34. The van der Waals surface area contributed by atoms with Crippen LogP contribution in [0.3, 0.4) is 0 Å². The average molecular weight is 411 g/mol. The van der Waals surface area contributed by atoms with Crippen molar-refractivity contribution >= 4 is 39.2 Å². The number of thiophene rings is 1. The van der Waals surface area contributed by atoms with Crippen LogP contribution in [0.4, 0.5) is 5.00 Å². The highest BCUT2D eigenvalue weighted by Gasteiger charge is 2.22. The van der Waals surface area contributed by atoms with Crippen molar-refractivity contribution in [2.75, 3.05) is 5.32 Å². The third-order valence-electron chi connectivity index (χ3n) is 5.28. The number of nitrogens with one attached hydrogen (secondary N) is 1. The van der Waals surface area contributed by atoms with Gasteiger partial charge < -0.3 is 14.5 Å². The molecule has 1 aromatic carbocycles. The van der Waals surface area contributed by atoms with Crippen LogP contribution in [0.15, 0.2) is 27.4 Å². The Kier molecular flexibility index (Phi) is 5.00. The minimum Gasteiger partial charge on any atom is -0.457 e. The van der Waals surface area contributed by atoms with Crippen LogP contribution >= 0.6 is 11.3 Å². The summed E-state index contributed by atoms with van der Waals surface area (Å²) in [7, 11) is 0. The van der Waals surface area contributed by atoms with Gasteiger partial charge in [-0.2, -0.15) is 0 Å². The molecule has 29 heavy (non-hydrogen) atoms. The minimum absolute atomic E-state index is 0.0480. The zero-order valence-electron chi connectivity index (χ0n) is 16.5. The van der Waals surface area contributed by atoms with Gasteiger partial charge in [0.25, 0.3) is 0 Å². The smallest absolute Gasteiger partial charge is 0.341 e. The zero-order valence-corrected chi connectivity index (χ0v) is 17.3.